The number of rotatable bonds is 1. The average molecular weight is 305 g/mol. The summed E-state index contributed by atoms with van der Waals surface area (Å²) in [4.78, 5) is 4.64. The maximum Gasteiger partial charge on any atom is 0.176 e. The molecule has 1 N–H and O–H groups in total. The Bertz CT molecular complexity index is 1130. The summed E-state index contributed by atoms with van der Waals surface area (Å²) in [6.45, 7) is 2.93. The fourth-order valence-electron chi connectivity index (χ4n) is 4.03. The second-order valence-electron chi connectivity index (χ2n) is 6.40. The molecule has 0 fully saturated rings. The lowest BCUT2D eigenvalue weighted by Gasteiger charge is -2.14. The number of hydrogen-bond acceptors (Lipinski definition) is 2. The molecule has 0 amide bonds. The molecule has 5 rings (SSSR count). The van der Waals surface area contributed by atoms with Crippen molar-refractivity contribution in [1.29, 1.82) is 0 Å². The van der Waals surface area contributed by atoms with E-state index in [0.29, 0.717) is 0 Å². The number of aromatic amines is 1. The van der Waals surface area contributed by atoms with E-state index in [1.54, 1.807) is 0 Å². The molecule has 23 heavy (non-hydrogen) atoms. The minimum absolute atomic E-state index is 0.811. The zero-order valence-electron chi connectivity index (χ0n) is 13.4. The van der Waals surface area contributed by atoms with Crippen molar-refractivity contribution in [3.8, 4) is 0 Å². The standard InChI is InChI=1S/C18H19N5/c1-3-23-18-17(21-22(2)10-19-18)14-8-7-13-12-6-4-5-11(12)9-15(20-23)16(13)14/h4,6,8,10,21H,3,5,7,9H2,1-2H3. The molecule has 0 aromatic heterocycles. The fourth-order valence-corrected chi connectivity index (χ4v) is 4.03. The van der Waals surface area contributed by atoms with Gasteiger partial charge in [-0.2, -0.15) is 5.10 Å². The van der Waals surface area contributed by atoms with Crippen molar-refractivity contribution in [2.75, 3.05) is 0 Å². The smallest absolute Gasteiger partial charge is 0.176 e. The van der Waals surface area contributed by atoms with Crippen molar-refractivity contribution in [2.45, 2.75) is 32.7 Å². The molecule has 3 aliphatic carbocycles. The van der Waals surface area contributed by atoms with Crippen LogP contribution in [-0.4, -0.2) is 24.5 Å². The molecule has 0 spiro atoms. The second-order valence-corrected chi connectivity index (χ2v) is 6.40. The van der Waals surface area contributed by atoms with Crippen LogP contribution in [0.15, 0.2) is 29.6 Å². The molecule has 2 heterocycles. The number of aryl methyl sites for hydroxylation is 2. The van der Waals surface area contributed by atoms with Crippen LogP contribution < -0.4 is 10.4 Å². The highest BCUT2D eigenvalue weighted by atomic mass is 15.3. The summed E-state index contributed by atoms with van der Waals surface area (Å²) in [7, 11) is 1.97. The number of allylic oxidation sites excluding steroid dienone is 4. The van der Waals surface area contributed by atoms with E-state index in [0.717, 1.165) is 36.6 Å². The number of nitrogens with one attached hydrogen (secondary N) is 1. The Morgan fingerprint density at radius 3 is 3.09 bits per heavy atom. The molecular formula is C18H19N5. The van der Waals surface area contributed by atoms with E-state index in [9.17, 15) is 0 Å². The van der Waals surface area contributed by atoms with Crippen molar-refractivity contribution >= 4 is 11.6 Å². The molecule has 0 bridgehead atoms. The average Bonchev–Trinajstić information content (AvgIpc) is 3.15. The monoisotopic (exact) mass is 305 g/mol. The van der Waals surface area contributed by atoms with E-state index >= 15 is 0 Å². The molecule has 5 heteroatoms. The van der Waals surface area contributed by atoms with E-state index in [4.69, 9.17) is 5.10 Å². The van der Waals surface area contributed by atoms with Crippen LogP contribution in [0.25, 0.3) is 11.6 Å². The van der Waals surface area contributed by atoms with Gasteiger partial charge in [-0.05, 0) is 30.9 Å². The maximum atomic E-state index is 4.99. The van der Waals surface area contributed by atoms with Crippen molar-refractivity contribution in [1.82, 2.24) is 24.5 Å². The van der Waals surface area contributed by atoms with Gasteiger partial charge in [0.1, 0.15) is 11.7 Å². The van der Waals surface area contributed by atoms with Crippen LogP contribution in [0, 0.1) is 10.8 Å². The zero-order chi connectivity index (χ0) is 15.6. The van der Waals surface area contributed by atoms with Crippen molar-refractivity contribution in [3.63, 3.8) is 0 Å². The molecule has 0 radical (unpaired) electrons. The fraction of sp³-hybridized carbons (Fsp3) is 0.333. The molecule has 5 aliphatic rings. The van der Waals surface area contributed by atoms with Crippen LogP contribution in [0.1, 0.15) is 25.5 Å². The van der Waals surface area contributed by atoms with Gasteiger partial charge in [-0.3, -0.25) is 9.78 Å². The maximum absolute atomic E-state index is 4.99. The number of H-pyrrole nitrogens is 1. The van der Waals surface area contributed by atoms with Gasteiger partial charge in [-0.15, -0.1) is 0 Å². The van der Waals surface area contributed by atoms with Gasteiger partial charge in [-0.1, -0.05) is 23.8 Å². The van der Waals surface area contributed by atoms with Crippen molar-refractivity contribution in [2.24, 2.45) is 7.05 Å². The normalized spacial score (nSPS) is 17.6. The lowest BCUT2D eigenvalue weighted by atomic mass is 9.91. The van der Waals surface area contributed by atoms with Gasteiger partial charge in [0.15, 0.2) is 5.48 Å². The van der Waals surface area contributed by atoms with Crippen LogP contribution in [-0.2, 0) is 20.0 Å². The Hall–Kier alpha value is -2.56. The van der Waals surface area contributed by atoms with Gasteiger partial charge in [0.05, 0.1) is 5.69 Å². The second kappa shape index (κ2) is 4.47. The Morgan fingerprint density at radius 1 is 1.30 bits per heavy atom. The highest BCUT2D eigenvalue weighted by molar-refractivity contribution is 5.79. The van der Waals surface area contributed by atoms with Crippen molar-refractivity contribution < 1.29 is 0 Å². The van der Waals surface area contributed by atoms with Crippen LogP contribution in [0.3, 0.4) is 0 Å². The first-order chi connectivity index (χ1) is 11.3. The van der Waals surface area contributed by atoms with Gasteiger partial charge < -0.3 is 0 Å². The topological polar surface area (TPSA) is 51.4 Å². The third kappa shape index (κ3) is 1.67. The first-order valence-corrected chi connectivity index (χ1v) is 8.22. The number of nitrogens with zero attached hydrogens (tertiary/aromatic N) is 4. The number of hydrogen-bond donors (Lipinski definition) is 1. The lowest BCUT2D eigenvalue weighted by molar-refractivity contribution is 0.576. The molecular weight excluding hydrogens is 286 g/mol. The van der Waals surface area contributed by atoms with E-state index in [-0.39, 0.29) is 0 Å². The first kappa shape index (κ1) is 12.9. The van der Waals surface area contributed by atoms with Crippen molar-refractivity contribution in [3.05, 3.63) is 56.6 Å². The van der Waals surface area contributed by atoms with E-state index in [1.165, 1.54) is 32.9 Å². The highest BCUT2D eigenvalue weighted by Crippen LogP contribution is 2.32. The molecule has 0 atom stereocenters. The molecule has 2 aliphatic heterocycles. The predicted molar refractivity (Wildman–Crippen MR) is 88.2 cm³/mol. The SMILES string of the molecule is CCn1nc2c3c(c4[nH]n(C)cnc1=4)=CCC=3C1=C(CC=C1)C2. The molecule has 0 aromatic rings. The zero-order valence-corrected chi connectivity index (χ0v) is 13.4. The summed E-state index contributed by atoms with van der Waals surface area (Å²) in [6, 6.07) is 0. The number of aromatic nitrogens is 5. The summed E-state index contributed by atoms with van der Waals surface area (Å²) in [5.41, 5.74) is 6.52. The summed E-state index contributed by atoms with van der Waals surface area (Å²) in [5.74, 6) is 0. The van der Waals surface area contributed by atoms with Gasteiger partial charge >= 0.3 is 0 Å². The Kier molecular flexibility index (Phi) is 2.52. The van der Waals surface area contributed by atoms with Crippen LogP contribution >= 0.6 is 0 Å². The molecule has 0 saturated carbocycles. The third-order valence-corrected chi connectivity index (χ3v) is 5.03. The van der Waals surface area contributed by atoms with Gasteiger partial charge in [0.2, 0.25) is 0 Å². The quantitative estimate of drug-likeness (QED) is 0.853. The van der Waals surface area contributed by atoms with Gasteiger partial charge in [-0.25, -0.2) is 9.67 Å². The Balaban J connectivity index is 2.07. The summed E-state index contributed by atoms with van der Waals surface area (Å²) >= 11 is 0. The lowest BCUT2D eigenvalue weighted by Crippen LogP contribution is -2.31. The molecule has 5 nitrogen and oxygen atoms in total. The molecule has 0 saturated heterocycles. The third-order valence-electron chi connectivity index (χ3n) is 5.03. The molecule has 0 aromatic carbocycles. The van der Waals surface area contributed by atoms with Crippen LogP contribution in [0.2, 0.25) is 0 Å². The summed E-state index contributed by atoms with van der Waals surface area (Å²) < 4.78 is 3.93. The van der Waals surface area contributed by atoms with E-state index < -0.39 is 0 Å². The molecule has 0 unspecified atom stereocenters. The van der Waals surface area contributed by atoms with Gasteiger partial charge in [0.25, 0.3) is 0 Å². The largest absolute Gasteiger partial charge is 0.293 e. The van der Waals surface area contributed by atoms with Crippen LogP contribution in [0.4, 0.5) is 0 Å². The molecule has 116 valence electrons. The van der Waals surface area contributed by atoms with E-state index in [2.05, 4.69) is 35.2 Å². The van der Waals surface area contributed by atoms with E-state index in [1.807, 2.05) is 22.7 Å². The minimum Gasteiger partial charge on any atom is -0.293 e. The van der Waals surface area contributed by atoms with Crippen LogP contribution in [0.5, 0.6) is 0 Å². The minimum atomic E-state index is 0.811. The predicted octanol–water partition coefficient (Wildman–Crippen LogP) is 0.961. The summed E-state index contributed by atoms with van der Waals surface area (Å²) in [6.07, 6.45) is 11.7. The number of fused-ring (bicyclic) bond motifs is 2. The summed E-state index contributed by atoms with van der Waals surface area (Å²) in [5, 5.41) is 12.1. The Morgan fingerprint density at radius 2 is 2.22 bits per heavy atom. The van der Waals surface area contributed by atoms with Gasteiger partial charge in [0, 0.05) is 30.5 Å². The highest BCUT2D eigenvalue weighted by Gasteiger charge is 2.24. The first-order valence-electron chi connectivity index (χ1n) is 8.22. The Labute approximate surface area is 133 Å².